The van der Waals surface area contributed by atoms with E-state index >= 15 is 0 Å². The molecular weight excluding hydrogens is 219 g/mol. The maximum atomic E-state index is 13.5. The summed E-state index contributed by atoms with van der Waals surface area (Å²) >= 11 is 0. The topological polar surface area (TPSA) is 46.3 Å². The molecule has 1 aliphatic heterocycles. The van der Waals surface area contributed by atoms with Crippen molar-refractivity contribution in [1.82, 2.24) is 4.90 Å². The Labute approximate surface area is 100 Å². The van der Waals surface area contributed by atoms with Crippen LogP contribution in [0.2, 0.25) is 0 Å². The minimum absolute atomic E-state index is 0.0647. The van der Waals surface area contributed by atoms with Gasteiger partial charge in [0.2, 0.25) is 5.91 Å². The van der Waals surface area contributed by atoms with Crippen molar-refractivity contribution in [3.63, 3.8) is 0 Å². The molecule has 3 nitrogen and oxygen atoms in total. The fraction of sp³-hybridized carbons (Fsp3) is 0.462. The summed E-state index contributed by atoms with van der Waals surface area (Å²) in [6.45, 7) is 4.59. The molecule has 1 aromatic rings. The van der Waals surface area contributed by atoms with E-state index in [0.29, 0.717) is 30.6 Å². The summed E-state index contributed by atoms with van der Waals surface area (Å²) in [5.74, 6) is -0.0877. The number of halogens is 1. The highest BCUT2D eigenvalue weighted by molar-refractivity contribution is 5.79. The lowest BCUT2D eigenvalue weighted by Crippen LogP contribution is -2.27. The summed E-state index contributed by atoms with van der Waals surface area (Å²) in [4.78, 5) is 13.3. The summed E-state index contributed by atoms with van der Waals surface area (Å²) < 4.78 is 13.5. The third-order valence-corrected chi connectivity index (χ3v) is 3.11. The Bertz CT molecular complexity index is 436. The summed E-state index contributed by atoms with van der Waals surface area (Å²) in [7, 11) is 0. The third kappa shape index (κ3) is 2.47. The van der Waals surface area contributed by atoms with Gasteiger partial charge in [-0.1, -0.05) is 12.1 Å². The molecule has 1 saturated heterocycles. The molecule has 0 radical (unpaired) electrons. The van der Waals surface area contributed by atoms with Crippen LogP contribution in [0.15, 0.2) is 12.1 Å². The number of hydrogen-bond donors (Lipinski definition) is 1. The minimum atomic E-state index is -0.168. The van der Waals surface area contributed by atoms with Crippen LogP contribution in [0.3, 0.4) is 0 Å². The molecule has 0 spiro atoms. The summed E-state index contributed by atoms with van der Waals surface area (Å²) in [6.07, 6.45) is 0.416. The molecule has 1 amide bonds. The number of rotatable bonds is 2. The molecule has 2 N–H and O–H groups in total. The highest BCUT2D eigenvalue weighted by atomic mass is 19.1. The lowest BCUT2D eigenvalue weighted by Gasteiger charge is -2.17. The molecule has 1 atom stereocenters. The standard InChI is InChI=1S/C13H17FN2O/c1-8-3-10(4-9(2)13(8)14)6-16-7-11(15)5-12(16)17/h3-4,11H,5-7,15H2,1-2H3. The van der Waals surface area contributed by atoms with Crippen molar-refractivity contribution in [2.75, 3.05) is 6.54 Å². The molecule has 0 aliphatic carbocycles. The molecule has 17 heavy (non-hydrogen) atoms. The highest BCUT2D eigenvalue weighted by Gasteiger charge is 2.26. The molecule has 0 saturated carbocycles. The molecule has 92 valence electrons. The van der Waals surface area contributed by atoms with Crippen molar-refractivity contribution >= 4 is 5.91 Å². The van der Waals surface area contributed by atoms with Crippen LogP contribution in [0.5, 0.6) is 0 Å². The lowest BCUT2D eigenvalue weighted by molar-refractivity contribution is -0.128. The summed E-state index contributed by atoms with van der Waals surface area (Å²) in [6, 6.07) is 3.52. The maximum absolute atomic E-state index is 13.5. The SMILES string of the molecule is Cc1cc(CN2CC(N)CC2=O)cc(C)c1F. The van der Waals surface area contributed by atoms with Gasteiger partial charge in [-0.05, 0) is 30.5 Å². The number of amides is 1. The monoisotopic (exact) mass is 236 g/mol. The van der Waals surface area contributed by atoms with Gasteiger partial charge in [0.05, 0.1) is 0 Å². The van der Waals surface area contributed by atoms with Gasteiger partial charge in [0.15, 0.2) is 0 Å². The summed E-state index contributed by atoms with van der Waals surface area (Å²) in [5.41, 5.74) is 7.93. The largest absolute Gasteiger partial charge is 0.337 e. The van der Waals surface area contributed by atoms with E-state index < -0.39 is 0 Å². The predicted octanol–water partition coefficient (Wildman–Crippen LogP) is 1.50. The first-order chi connectivity index (χ1) is 7.97. The summed E-state index contributed by atoms with van der Waals surface area (Å²) in [5, 5.41) is 0. The van der Waals surface area contributed by atoms with E-state index in [-0.39, 0.29) is 17.8 Å². The van der Waals surface area contributed by atoms with Crippen LogP contribution in [0, 0.1) is 19.7 Å². The number of nitrogens with zero attached hydrogens (tertiary/aromatic N) is 1. The number of carbonyl (C=O) groups excluding carboxylic acids is 1. The van der Waals surface area contributed by atoms with Crippen molar-refractivity contribution in [2.24, 2.45) is 5.73 Å². The van der Waals surface area contributed by atoms with Gasteiger partial charge in [-0.15, -0.1) is 0 Å². The number of hydrogen-bond acceptors (Lipinski definition) is 2. The zero-order chi connectivity index (χ0) is 12.6. The number of benzene rings is 1. The van der Waals surface area contributed by atoms with Gasteiger partial charge in [0.25, 0.3) is 0 Å². The molecule has 1 unspecified atom stereocenters. The second kappa shape index (κ2) is 4.45. The molecule has 1 fully saturated rings. The Morgan fingerprint density at radius 2 is 2.00 bits per heavy atom. The van der Waals surface area contributed by atoms with Crippen LogP contribution < -0.4 is 5.73 Å². The van der Waals surface area contributed by atoms with Gasteiger partial charge in [-0.25, -0.2) is 4.39 Å². The van der Waals surface area contributed by atoms with E-state index in [2.05, 4.69) is 0 Å². The molecule has 1 aliphatic rings. The van der Waals surface area contributed by atoms with E-state index in [1.807, 2.05) is 0 Å². The van der Waals surface area contributed by atoms with E-state index in [9.17, 15) is 9.18 Å². The van der Waals surface area contributed by atoms with E-state index in [4.69, 9.17) is 5.73 Å². The van der Waals surface area contributed by atoms with Crippen molar-refractivity contribution in [1.29, 1.82) is 0 Å². The van der Waals surface area contributed by atoms with Crippen LogP contribution in [0.4, 0.5) is 4.39 Å². The Kier molecular flexibility index (Phi) is 3.15. The fourth-order valence-corrected chi connectivity index (χ4v) is 2.30. The van der Waals surface area contributed by atoms with Gasteiger partial charge < -0.3 is 10.6 Å². The van der Waals surface area contributed by atoms with Gasteiger partial charge in [-0.2, -0.15) is 0 Å². The number of nitrogens with two attached hydrogens (primary N) is 1. The van der Waals surface area contributed by atoms with Crippen molar-refractivity contribution in [2.45, 2.75) is 32.9 Å². The Hall–Kier alpha value is -1.42. The molecular formula is C13H17FN2O. The Morgan fingerprint density at radius 3 is 2.47 bits per heavy atom. The lowest BCUT2D eigenvalue weighted by atomic mass is 10.1. The normalized spacial score (nSPS) is 20.1. The van der Waals surface area contributed by atoms with E-state index in [0.717, 1.165) is 5.56 Å². The molecule has 2 rings (SSSR count). The van der Waals surface area contributed by atoms with E-state index in [1.165, 1.54) is 0 Å². The first-order valence-electron chi connectivity index (χ1n) is 5.76. The zero-order valence-electron chi connectivity index (χ0n) is 10.2. The Balaban J connectivity index is 2.17. The van der Waals surface area contributed by atoms with Crippen molar-refractivity contribution in [3.8, 4) is 0 Å². The van der Waals surface area contributed by atoms with Crippen LogP contribution in [0.25, 0.3) is 0 Å². The van der Waals surface area contributed by atoms with Crippen LogP contribution >= 0.6 is 0 Å². The number of likely N-dealkylation sites (tertiary alicyclic amines) is 1. The number of carbonyl (C=O) groups is 1. The first kappa shape index (κ1) is 12.0. The van der Waals surface area contributed by atoms with Crippen LogP contribution in [-0.4, -0.2) is 23.4 Å². The average Bonchev–Trinajstić information content (AvgIpc) is 2.54. The van der Waals surface area contributed by atoms with Gasteiger partial charge in [-0.3, -0.25) is 4.79 Å². The molecule has 1 heterocycles. The first-order valence-corrected chi connectivity index (χ1v) is 5.76. The van der Waals surface area contributed by atoms with E-state index in [1.54, 1.807) is 30.9 Å². The highest BCUT2D eigenvalue weighted by Crippen LogP contribution is 2.18. The molecule has 0 aromatic heterocycles. The maximum Gasteiger partial charge on any atom is 0.224 e. The molecule has 0 bridgehead atoms. The second-order valence-corrected chi connectivity index (χ2v) is 4.78. The van der Waals surface area contributed by atoms with Gasteiger partial charge in [0.1, 0.15) is 5.82 Å². The molecule has 4 heteroatoms. The Morgan fingerprint density at radius 1 is 1.41 bits per heavy atom. The van der Waals surface area contributed by atoms with Gasteiger partial charge >= 0.3 is 0 Å². The van der Waals surface area contributed by atoms with Crippen molar-refractivity contribution < 1.29 is 9.18 Å². The zero-order valence-corrected chi connectivity index (χ0v) is 10.2. The van der Waals surface area contributed by atoms with Crippen molar-refractivity contribution in [3.05, 3.63) is 34.6 Å². The van der Waals surface area contributed by atoms with Gasteiger partial charge in [0, 0.05) is 25.6 Å². The smallest absolute Gasteiger partial charge is 0.224 e. The van der Waals surface area contributed by atoms with Crippen LogP contribution in [0.1, 0.15) is 23.1 Å². The predicted molar refractivity (Wildman–Crippen MR) is 63.9 cm³/mol. The van der Waals surface area contributed by atoms with Crippen LogP contribution in [-0.2, 0) is 11.3 Å². The average molecular weight is 236 g/mol. The second-order valence-electron chi connectivity index (χ2n) is 4.78. The minimum Gasteiger partial charge on any atom is -0.337 e. The third-order valence-electron chi connectivity index (χ3n) is 3.11. The quantitative estimate of drug-likeness (QED) is 0.846. The number of aryl methyl sites for hydroxylation is 2. The molecule has 1 aromatic carbocycles. The fourth-order valence-electron chi connectivity index (χ4n) is 2.30.